The first kappa shape index (κ1) is 20.4. The van der Waals surface area contributed by atoms with Crippen molar-refractivity contribution < 1.29 is 27.9 Å². The maximum Gasteiger partial charge on any atom is 0.335 e. The standard InChI is InChI=1S/C18H20N2O6S/c1-20(2)27(24,25)13-8-9-16(26-3)15(11-13)19-17(21)10-12-6-4-5-7-14(12)18(22)23/h4-9,11H,10H2,1-3H3,(H,19,21)(H,22,23). The number of rotatable bonds is 7. The highest BCUT2D eigenvalue weighted by Gasteiger charge is 2.20. The molecule has 0 atom stereocenters. The van der Waals surface area contributed by atoms with Crippen LogP contribution in [0.25, 0.3) is 0 Å². The van der Waals surface area contributed by atoms with Crippen LogP contribution in [0.2, 0.25) is 0 Å². The van der Waals surface area contributed by atoms with Gasteiger partial charge in [0.05, 0.1) is 29.7 Å². The third kappa shape index (κ3) is 4.63. The van der Waals surface area contributed by atoms with Crippen molar-refractivity contribution in [2.75, 3.05) is 26.5 Å². The largest absolute Gasteiger partial charge is 0.495 e. The van der Waals surface area contributed by atoms with Gasteiger partial charge in [-0.2, -0.15) is 0 Å². The third-order valence-corrected chi connectivity index (χ3v) is 5.63. The molecule has 0 spiro atoms. The normalized spacial score (nSPS) is 11.3. The van der Waals surface area contributed by atoms with Gasteiger partial charge in [-0.1, -0.05) is 18.2 Å². The Morgan fingerprint density at radius 2 is 1.81 bits per heavy atom. The van der Waals surface area contributed by atoms with Gasteiger partial charge in [0.1, 0.15) is 5.75 Å². The minimum Gasteiger partial charge on any atom is -0.495 e. The van der Waals surface area contributed by atoms with Crippen LogP contribution < -0.4 is 10.1 Å². The molecule has 0 unspecified atom stereocenters. The van der Waals surface area contributed by atoms with Gasteiger partial charge in [0.15, 0.2) is 0 Å². The number of benzene rings is 2. The van der Waals surface area contributed by atoms with E-state index in [1.54, 1.807) is 18.2 Å². The molecule has 144 valence electrons. The molecule has 0 aromatic heterocycles. The number of carboxylic acid groups (broad SMARTS) is 1. The number of nitrogens with zero attached hydrogens (tertiary/aromatic N) is 1. The van der Waals surface area contributed by atoms with E-state index >= 15 is 0 Å². The quantitative estimate of drug-likeness (QED) is 0.743. The summed E-state index contributed by atoms with van der Waals surface area (Å²) in [6.45, 7) is 0. The highest BCUT2D eigenvalue weighted by atomic mass is 32.2. The Labute approximate surface area is 157 Å². The Kier molecular flexibility index (Phi) is 6.19. The topological polar surface area (TPSA) is 113 Å². The van der Waals surface area contributed by atoms with Gasteiger partial charge < -0.3 is 15.2 Å². The van der Waals surface area contributed by atoms with Crippen molar-refractivity contribution in [3.8, 4) is 5.75 Å². The fourth-order valence-corrected chi connectivity index (χ4v) is 3.33. The van der Waals surface area contributed by atoms with Crippen molar-refractivity contribution >= 4 is 27.6 Å². The smallest absolute Gasteiger partial charge is 0.335 e. The summed E-state index contributed by atoms with van der Waals surface area (Å²) >= 11 is 0. The summed E-state index contributed by atoms with van der Waals surface area (Å²) in [6, 6.07) is 10.3. The molecule has 0 aliphatic rings. The van der Waals surface area contributed by atoms with Gasteiger partial charge >= 0.3 is 5.97 Å². The van der Waals surface area contributed by atoms with Crippen molar-refractivity contribution in [2.45, 2.75) is 11.3 Å². The van der Waals surface area contributed by atoms with Crippen molar-refractivity contribution in [3.63, 3.8) is 0 Å². The average molecular weight is 392 g/mol. The molecular weight excluding hydrogens is 372 g/mol. The lowest BCUT2D eigenvalue weighted by atomic mass is 10.0. The van der Waals surface area contributed by atoms with Gasteiger partial charge in [-0.25, -0.2) is 17.5 Å². The number of sulfonamides is 1. The third-order valence-electron chi connectivity index (χ3n) is 3.82. The molecule has 0 fully saturated rings. The summed E-state index contributed by atoms with van der Waals surface area (Å²) in [5.74, 6) is -1.34. The van der Waals surface area contributed by atoms with E-state index in [4.69, 9.17) is 4.74 Å². The second kappa shape index (κ2) is 8.19. The summed E-state index contributed by atoms with van der Waals surface area (Å²) in [7, 11) is 0.512. The summed E-state index contributed by atoms with van der Waals surface area (Å²) in [6.07, 6.45) is -0.184. The fraction of sp³-hybridized carbons (Fsp3) is 0.222. The summed E-state index contributed by atoms with van der Waals surface area (Å²) < 4.78 is 30.8. The van der Waals surface area contributed by atoms with Crippen LogP contribution in [-0.2, 0) is 21.2 Å². The minimum atomic E-state index is -3.69. The number of carboxylic acids is 1. The van der Waals surface area contributed by atoms with Crippen LogP contribution in [0.1, 0.15) is 15.9 Å². The first-order chi connectivity index (χ1) is 12.7. The van der Waals surface area contributed by atoms with Crippen LogP contribution in [-0.4, -0.2) is 50.9 Å². The first-order valence-corrected chi connectivity index (χ1v) is 9.32. The van der Waals surface area contributed by atoms with E-state index in [9.17, 15) is 23.1 Å². The molecule has 0 aliphatic carbocycles. The van der Waals surface area contributed by atoms with Crippen molar-refractivity contribution in [2.24, 2.45) is 0 Å². The molecule has 2 rings (SSSR count). The zero-order valence-corrected chi connectivity index (χ0v) is 15.9. The second-order valence-corrected chi connectivity index (χ2v) is 7.99. The Balaban J connectivity index is 2.31. The van der Waals surface area contributed by atoms with E-state index in [1.807, 2.05) is 0 Å². The number of carbonyl (C=O) groups excluding carboxylic acids is 1. The maximum absolute atomic E-state index is 12.4. The molecule has 1 amide bonds. The molecular formula is C18H20N2O6S. The molecule has 0 radical (unpaired) electrons. The lowest BCUT2D eigenvalue weighted by molar-refractivity contribution is -0.115. The molecule has 2 aromatic rings. The number of hydrogen-bond acceptors (Lipinski definition) is 5. The zero-order valence-electron chi connectivity index (χ0n) is 15.1. The highest BCUT2D eigenvalue weighted by Crippen LogP contribution is 2.28. The highest BCUT2D eigenvalue weighted by molar-refractivity contribution is 7.89. The number of aromatic carboxylic acids is 1. The zero-order chi connectivity index (χ0) is 20.2. The minimum absolute atomic E-state index is 0.00506. The summed E-state index contributed by atoms with van der Waals surface area (Å²) in [4.78, 5) is 23.7. The van der Waals surface area contributed by atoms with Gasteiger partial charge in [0.25, 0.3) is 0 Å². The van der Waals surface area contributed by atoms with Crippen LogP contribution in [0.15, 0.2) is 47.4 Å². The Hall–Kier alpha value is -2.91. The van der Waals surface area contributed by atoms with Crippen molar-refractivity contribution in [3.05, 3.63) is 53.6 Å². The van der Waals surface area contributed by atoms with E-state index in [0.29, 0.717) is 5.56 Å². The van der Waals surface area contributed by atoms with E-state index in [2.05, 4.69) is 5.32 Å². The molecule has 2 aromatic carbocycles. The molecule has 0 bridgehead atoms. The number of carbonyl (C=O) groups is 2. The van der Waals surface area contributed by atoms with Crippen LogP contribution in [0, 0.1) is 0 Å². The Morgan fingerprint density at radius 3 is 2.41 bits per heavy atom. The van der Waals surface area contributed by atoms with Gasteiger partial charge in [0, 0.05) is 14.1 Å². The Morgan fingerprint density at radius 1 is 1.15 bits per heavy atom. The average Bonchev–Trinajstić information content (AvgIpc) is 2.61. The number of nitrogens with one attached hydrogen (secondary N) is 1. The molecule has 9 heteroatoms. The lowest BCUT2D eigenvalue weighted by Crippen LogP contribution is -2.22. The summed E-state index contributed by atoms with van der Waals surface area (Å²) in [5, 5.41) is 11.8. The first-order valence-electron chi connectivity index (χ1n) is 7.88. The number of hydrogen-bond donors (Lipinski definition) is 2. The Bertz CT molecular complexity index is 970. The van der Waals surface area contributed by atoms with Gasteiger partial charge in [0.2, 0.25) is 15.9 Å². The predicted octanol–water partition coefficient (Wildman–Crippen LogP) is 1.82. The van der Waals surface area contributed by atoms with E-state index in [1.165, 1.54) is 45.5 Å². The monoisotopic (exact) mass is 392 g/mol. The van der Waals surface area contributed by atoms with Crippen LogP contribution in [0.4, 0.5) is 5.69 Å². The molecule has 0 heterocycles. The number of ether oxygens (including phenoxy) is 1. The lowest BCUT2D eigenvalue weighted by Gasteiger charge is -2.15. The molecule has 27 heavy (non-hydrogen) atoms. The molecule has 0 aliphatic heterocycles. The van der Waals surface area contributed by atoms with E-state index in [-0.39, 0.29) is 28.3 Å². The van der Waals surface area contributed by atoms with Gasteiger partial charge in [-0.05, 0) is 29.8 Å². The number of anilines is 1. The van der Waals surface area contributed by atoms with E-state index in [0.717, 1.165) is 4.31 Å². The SMILES string of the molecule is COc1ccc(S(=O)(=O)N(C)C)cc1NC(=O)Cc1ccccc1C(=O)O. The molecule has 8 nitrogen and oxygen atoms in total. The molecule has 0 saturated heterocycles. The van der Waals surface area contributed by atoms with Crippen molar-refractivity contribution in [1.29, 1.82) is 0 Å². The van der Waals surface area contributed by atoms with Crippen LogP contribution in [0.5, 0.6) is 5.75 Å². The second-order valence-electron chi connectivity index (χ2n) is 5.84. The summed E-state index contributed by atoms with van der Waals surface area (Å²) in [5.41, 5.74) is 0.556. The fourth-order valence-electron chi connectivity index (χ4n) is 2.41. The van der Waals surface area contributed by atoms with E-state index < -0.39 is 21.9 Å². The number of amides is 1. The van der Waals surface area contributed by atoms with Crippen LogP contribution in [0.3, 0.4) is 0 Å². The van der Waals surface area contributed by atoms with Gasteiger partial charge in [-0.15, -0.1) is 0 Å². The van der Waals surface area contributed by atoms with Crippen molar-refractivity contribution in [1.82, 2.24) is 4.31 Å². The van der Waals surface area contributed by atoms with Gasteiger partial charge in [-0.3, -0.25) is 4.79 Å². The maximum atomic E-state index is 12.4. The molecule has 2 N–H and O–H groups in total. The van der Waals surface area contributed by atoms with Crippen LogP contribution >= 0.6 is 0 Å². The number of methoxy groups -OCH3 is 1. The molecule has 0 saturated carbocycles. The predicted molar refractivity (Wildman–Crippen MR) is 99.6 cm³/mol.